The minimum absolute atomic E-state index is 0.0912. The molecule has 0 saturated heterocycles. The molecule has 6 nitrogen and oxygen atoms in total. The molecule has 0 unspecified atom stereocenters. The molecule has 0 atom stereocenters. The predicted octanol–water partition coefficient (Wildman–Crippen LogP) is 2.28. The van der Waals surface area contributed by atoms with Gasteiger partial charge in [-0.05, 0) is 44.9 Å². The average molecular weight is 329 g/mol. The van der Waals surface area contributed by atoms with Crippen molar-refractivity contribution in [3.05, 3.63) is 24.0 Å². The predicted molar refractivity (Wildman–Crippen MR) is 84.0 cm³/mol. The van der Waals surface area contributed by atoms with E-state index < -0.39 is 21.9 Å². The number of rotatable bonds is 5. The molecule has 0 heterocycles. The number of benzene rings is 1. The van der Waals surface area contributed by atoms with Crippen molar-refractivity contribution in [3.8, 4) is 0 Å². The van der Waals surface area contributed by atoms with Crippen molar-refractivity contribution in [1.82, 2.24) is 5.32 Å². The third kappa shape index (κ3) is 4.09. The smallest absolute Gasteiger partial charge is 0.319 e. The monoisotopic (exact) mass is 329 g/mol. The maximum atomic E-state index is 13.5. The number of halogens is 1. The Kier molecular flexibility index (Phi) is 4.60. The maximum Gasteiger partial charge on any atom is 0.319 e. The van der Waals surface area contributed by atoms with Crippen LogP contribution in [0.25, 0.3) is 0 Å². The van der Waals surface area contributed by atoms with Crippen molar-refractivity contribution in [2.24, 2.45) is 0 Å². The highest BCUT2D eigenvalue weighted by atomic mass is 32.2. The van der Waals surface area contributed by atoms with Crippen LogP contribution in [-0.2, 0) is 10.0 Å². The second-order valence-electron chi connectivity index (χ2n) is 5.70. The summed E-state index contributed by atoms with van der Waals surface area (Å²) in [5.74, 6) is -0.548. The quantitative estimate of drug-likeness (QED) is 0.870. The normalized spacial score (nSPS) is 14.8. The van der Waals surface area contributed by atoms with Gasteiger partial charge in [-0.25, -0.2) is 17.6 Å². The van der Waals surface area contributed by atoms with Crippen LogP contribution in [-0.4, -0.2) is 32.8 Å². The van der Waals surface area contributed by atoms with Gasteiger partial charge in [-0.3, -0.25) is 4.31 Å². The van der Waals surface area contributed by atoms with Crippen LogP contribution in [0.15, 0.2) is 18.2 Å². The van der Waals surface area contributed by atoms with Crippen LogP contribution < -0.4 is 14.9 Å². The van der Waals surface area contributed by atoms with Gasteiger partial charge in [0.1, 0.15) is 5.82 Å². The summed E-state index contributed by atoms with van der Waals surface area (Å²) in [4.78, 5) is 11.8. The molecule has 122 valence electrons. The molecule has 0 radical (unpaired) electrons. The lowest BCUT2D eigenvalue weighted by Gasteiger charge is -2.25. The molecule has 8 heteroatoms. The number of anilines is 2. The Bertz CT molecular complexity index is 672. The SMILES string of the molecule is CC(C)NC(=O)Nc1cc(F)ccc1N(C1CC1)S(C)(=O)=O. The lowest BCUT2D eigenvalue weighted by Crippen LogP contribution is -2.36. The van der Waals surface area contributed by atoms with E-state index in [2.05, 4.69) is 10.6 Å². The summed E-state index contributed by atoms with van der Waals surface area (Å²) in [7, 11) is -3.51. The molecule has 22 heavy (non-hydrogen) atoms. The Morgan fingerprint density at radius 3 is 2.50 bits per heavy atom. The van der Waals surface area contributed by atoms with E-state index in [9.17, 15) is 17.6 Å². The van der Waals surface area contributed by atoms with Crippen LogP contribution in [0.3, 0.4) is 0 Å². The fourth-order valence-electron chi connectivity index (χ4n) is 2.18. The van der Waals surface area contributed by atoms with Gasteiger partial charge >= 0.3 is 6.03 Å². The molecule has 2 amide bonds. The molecule has 1 aliphatic carbocycles. The lowest BCUT2D eigenvalue weighted by molar-refractivity contribution is 0.250. The zero-order valence-electron chi connectivity index (χ0n) is 12.8. The van der Waals surface area contributed by atoms with Gasteiger partial charge in [0.05, 0.1) is 17.6 Å². The molecular weight excluding hydrogens is 309 g/mol. The Hall–Kier alpha value is -1.83. The number of nitrogens with zero attached hydrogens (tertiary/aromatic N) is 1. The molecule has 2 rings (SSSR count). The first-order chi connectivity index (χ1) is 10.2. The van der Waals surface area contributed by atoms with Crippen LogP contribution in [0.5, 0.6) is 0 Å². The standard InChI is InChI=1S/C14H20FN3O3S/c1-9(2)16-14(19)17-12-8-10(15)4-7-13(12)18(11-5-6-11)22(3,20)21/h4,7-9,11H,5-6H2,1-3H3,(H2,16,17,19). The average Bonchev–Trinajstić information content (AvgIpc) is 3.13. The third-order valence-electron chi connectivity index (χ3n) is 3.10. The Morgan fingerprint density at radius 1 is 1.36 bits per heavy atom. The largest absolute Gasteiger partial charge is 0.336 e. The number of sulfonamides is 1. The molecule has 0 spiro atoms. The van der Waals surface area contributed by atoms with Crippen LogP contribution in [0.1, 0.15) is 26.7 Å². The molecule has 0 aliphatic heterocycles. The molecule has 1 fully saturated rings. The molecule has 1 aromatic rings. The lowest BCUT2D eigenvalue weighted by atomic mass is 10.2. The van der Waals surface area contributed by atoms with Gasteiger partial charge in [-0.15, -0.1) is 0 Å². The molecule has 1 aliphatic rings. The Morgan fingerprint density at radius 2 is 2.00 bits per heavy atom. The fraction of sp³-hybridized carbons (Fsp3) is 0.500. The summed E-state index contributed by atoms with van der Waals surface area (Å²) in [6, 6.07) is 2.95. The van der Waals surface area contributed by atoms with E-state index in [4.69, 9.17) is 0 Å². The molecule has 0 aromatic heterocycles. The van der Waals surface area contributed by atoms with Gasteiger partial charge in [0, 0.05) is 12.1 Å². The van der Waals surface area contributed by atoms with Gasteiger partial charge in [-0.2, -0.15) is 0 Å². The van der Waals surface area contributed by atoms with Gasteiger partial charge in [0.2, 0.25) is 10.0 Å². The first-order valence-electron chi connectivity index (χ1n) is 7.05. The van der Waals surface area contributed by atoms with Crippen molar-refractivity contribution in [2.45, 2.75) is 38.8 Å². The zero-order valence-corrected chi connectivity index (χ0v) is 13.6. The summed E-state index contributed by atoms with van der Waals surface area (Å²) < 4.78 is 38.8. The number of hydrogen-bond acceptors (Lipinski definition) is 3. The number of hydrogen-bond donors (Lipinski definition) is 2. The summed E-state index contributed by atoms with van der Waals surface area (Å²) in [6.07, 6.45) is 2.61. The van der Waals surface area contributed by atoms with Crippen molar-refractivity contribution in [3.63, 3.8) is 0 Å². The second kappa shape index (κ2) is 6.12. The zero-order chi connectivity index (χ0) is 16.5. The van der Waals surface area contributed by atoms with Crippen LogP contribution in [0, 0.1) is 5.82 Å². The summed E-state index contributed by atoms with van der Waals surface area (Å²) >= 11 is 0. The number of carbonyl (C=O) groups is 1. The number of urea groups is 1. The molecular formula is C14H20FN3O3S. The first kappa shape index (κ1) is 16.5. The molecule has 2 N–H and O–H groups in total. The molecule has 1 saturated carbocycles. The van der Waals surface area contributed by atoms with Crippen molar-refractivity contribution >= 4 is 27.4 Å². The van der Waals surface area contributed by atoms with E-state index in [1.54, 1.807) is 13.8 Å². The topological polar surface area (TPSA) is 78.5 Å². The maximum absolute atomic E-state index is 13.5. The van der Waals surface area contributed by atoms with Crippen LogP contribution in [0.4, 0.5) is 20.6 Å². The summed E-state index contributed by atoms with van der Waals surface area (Å²) in [5.41, 5.74) is 0.417. The van der Waals surface area contributed by atoms with Gasteiger partial charge in [0.25, 0.3) is 0 Å². The highest BCUT2D eigenvalue weighted by molar-refractivity contribution is 7.92. The van der Waals surface area contributed by atoms with Gasteiger partial charge in [0.15, 0.2) is 0 Å². The van der Waals surface area contributed by atoms with Crippen molar-refractivity contribution in [2.75, 3.05) is 15.9 Å². The Labute approximate surface area is 129 Å². The van der Waals surface area contributed by atoms with Gasteiger partial charge < -0.3 is 10.6 Å². The van der Waals surface area contributed by atoms with E-state index in [0.717, 1.165) is 25.2 Å². The number of carbonyl (C=O) groups excluding carboxylic acids is 1. The second-order valence-corrected chi connectivity index (χ2v) is 7.56. The van der Waals surface area contributed by atoms with Crippen molar-refractivity contribution in [1.29, 1.82) is 0 Å². The summed E-state index contributed by atoms with van der Waals surface area (Å²) in [6.45, 7) is 3.58. The van der Waals surface area contributed by atoms with Gasteiger partial charge in [-0.1, -0.05) is 0 Å². The van der Waals surface area contributed by atoms with E-state index in [1.807, 2.05) is 0 Å². The third-order valence-corrected chi connectivity index (χ3v) is 4.31. The summed E-state index contributed by atoms with van der Waals surface area (Å²) in [5, 5.41) is 5.14. The van der Waals surface area contributed by atoms with Crippen LogP contribution in [0.2, 0.25) is 0 Å². The fourth-order valence-corrected chi connectivity index (χ4v) is 3.45. The minimum atomic E-state index is -3.51. The van der Waals surface area contributed by atoms with E-state index in [0.29, 0.717) is 0 Å². The van der Waals surface area contributed by atoms with Crippen LogP contribution >= 0.6 is 0 Å². The minimum Gasteiger partial charge on any atom is -0.336 e. The first-order valence-corrected chi connectivity index (χ1v) is 8.90. The number of nitrogens with one attached hydrogen (secondary N) is 2. The van der Waals surface area contributed by atoms with E-state index in [-0.39, 0.29) is 23.5 Å². The number of amides is 2. The van der Waals surface area contributed by atoms with E-state index in [1.165, 1.54) is 16.4 Å². The van der Waals surface area contributed by atoms with E-state index >= 15 is 0 Å². The highest BCUT2D eigenvalue weighted by Gasteiger charge is 2.36. The van der Waals surface area contributed by atoms with Crippen molar-refractivity contribution < 1.29 is 17.6 Å². The highest BCUT2D eigenvalue weighted by Crippen LogP contribution is 2.38. The molecule has 0 bridgehead atoms. The Balaban J connectivity index is 2.36. The molecule has 1 aromatic carbocycles.